The maximum Gasteiger partial charge on any atom is 0.00334 e. The molecule has 0 heterocycles. The summed E-state index contributed by atoms with van der Waals surface area (Å²) in [6.45, 7) is 0. The Morgan fingerprint density at radius 3 is 1.53 bits per heavy atom. The fraction of sp³-hybridized carbons (Fsp3) is 0.333. The van der Waals surface area contributed by atoms with Crippen molar-refractivity contribution in [3.63, 3.8) is 0 Å². The Labute approximate surface area is 209 Å². The van der Waals surface area contributed by atoms with Crippen LogP contribution in [0.4, 0.5) is 0 Å². The van der Waals surface area contributed by atoms with Crippen LogP contribution in [-0.2, 0) is 6.42 Å². The van der Waals surface area contributed by atoms with E-state index in [1.165, 1.54) is 102 Å². The number of fused-ring (bicyclic) bond motifs is 2. The van der Waals surface area contributed by atoms with Crippen LogP contribution in [0, 0.1) is 0 Å². The Balaban J connectivity index is 1.50. The Hall–Kier alpha value is -1.52. The minimum Gasteiger partial charge on any atom is -0.0894 e. The zero-order chi connectivity index (χ0) is 22.0. The molecule has 4 aromatic rings. The third kappa shape index (κ3) is 5.88. The summed E-state index contributed by atoms with van der Waals surface area (Å²) < 4.78 is 0. The highest BCUT2D eigenvalue weighted by molar-refractivity contribution is 14.2. The van der Waals surface area contributed by atoms with E-state index in [1.807, 2.05) is 8.93 Å². The Kier molecular flexibility index (Phi) is 9.34. The molecule has 0 aliphatic carbocycles. The molecule has 32 heavy (non-hydrogen) atoms. The average molecular weight is 553 g/mol. The largest absolute Gasteiger partial charge is 0.0894 e. The molecule has 0 spiro atoms. The van der Waals surface area contributed by atoms with Gasteiger partial charge in [0, 0.05) is 5.75 Å². The second kappa shape index (κ2) is 12.6. The van der Waals surface area contributed by atoms with Crippen molar-refractivity contribution in [1.82, 2.24) is 0 Å². The lowest BCUT2D eigenvalue weighted by Crippen LogP contribution is -1.94. The van der Waals surface area contributed by atoms with Crippen LogP contribution >= 0.6 is 30.1 Å². The molecule has 0 unspecified atom stereocenters. The van der Waals surface area contributed by atoms with Gasteiger partial charge in [0.15, 0.2) is 0 Å². The molecule has 0 aliphatic heterocycles. The van der Waals surface area contributed by atoms with Crippen LogP contribution < -0.4 is 0 Å². The monoisotopic (exact) mass is 552 g/mol. The van der Waals surface area contributed by atoms with E-state index in [9.17, 15) is 0 Å². The molecular weight excluding hydrogens is 519 g/mol. The van der Waals surface area contributed by atoms with Crippen LogP contribution in [0.25, 0.3) is 32.7 Å². The summed E-state index contributed by atoms with van der Waals surface area (Å²) in [4.78, 5) is 0. The number of aryl methyl sites for hydroxylation is 1. The van der Waals surface area contributed by atoms with Crippen molar-refractivity contribution in [2.75, 3.05) is 5.75 Å². The molecule has 0 bridgehead atoms. The third-order valence-corrected chi connectivity index (χ3v) is 8.27. The molecule has 0 radical (unpaired) electrons. The standard InChI is InChI=1S/C30H33IS/c31-32-23-15-6-4-2-1-3-5-10-18-25-26-19-11-13-21-28(26)30(24-16-8-7-9-17-24)29-22-14-12-20-27(25)29/h7-9,11-14,16-17,19-22H,1-6,10,15,18,23H2. The number of halogens is 1. The zero-order valence-corrected chi connectivity index (χ0v) is 21.8. The maximum absolute atomic E-state index is 2.41. The normalized spacial score (nSPS) is 11.4. The van der Waals surface area contributed by atoms with Crippen LogP contribution in [0.15, 0.2) is 78.9 Å². The van der Waals surface area contributed by atoms with Gasteiger partial charge in [0.25, 0.3) is 0 Å². The molecule has 0 aliphatic rings. The van der Waals surface area contributed by atoms with E-state index in [0.717, 1.165) is 0 Å². The number of benzene rings is 4. The van der Waals surface area contributed by atoms with E-state index >= 15 is 0 Å². The van der Waals surface area contributed by atoms with Gasteiger partial charge in [0.05, 0.1) is 0 Å². The summed E-state index contributed by atoms with van der Waals surface area (Å²) in [5, 5.41) is 5.63. The molecule has 0 nitrogen and oxygen atoms in total. The van der Waals surface area contributed by atoms with Crippen molar-refractivity contribution in [3.8, 4) is 11.1 Å². The molecule has 0 amide bonds. The van der Waals surface area contributed by atoms with Gasteiger partial charge >= 0.3 is 0 Å². The van der Waals surface area contributed by atoms with Crippen molar-refractivity contribution in [1.29, 1.82) is 0 Å². The minimum absolute atomic E-state index is 1.17. The SMILES string of the molecule is ISCCCCCCCCCCc1c2ccccc2c(-c2ccccc2)c2ccccc12. The summed E-state index contributed by atoms with van der Waals surface area (Å²) in [5.41, 5.74) is 4.22. The van der Waals surface area contributed by atoms with Gasteiger partial charge in [-0.3, -0.25) is 0 Å². The number of hydrogen-bond donors (Lipinski definition) is 0. The maximum atomic E-state index is 2.41. The second-order valence-corrected chi connectivity index (χ2v) is 11.2. The first-order valence-corrected chi connectivity index (χ1v) is 15.6. The van der Waals surface area contributed by atoms with E-state index < -0.39 is 0 Å². The van der Waals surface area contributed by atoms with Crippen LogP contribution in [0.3, 0.4) is 0 Å². The van der Waals surface area contributed by atoms with E-state index in [2.05, 4.69) is 100 Å². The average Bonchev–Trinajstić information content (AvgIpc) is 2.85. The first-order chi connectivity index (χ1) is 15.9. The van der Waals surface area contributed by atoms with Gasteiger partial charge in [-0.05, 0) is 78.7 Å². The highest BCUT2D eigenvalue weighted by Gasteiger charge is 2.14. The molecule has 0 saturated carbocycles. The first-order valence-electron chi connectivity index (χ1n) is 12.1. The van der Waals surface area contributed by atoms with E-state index in [-0.39, 0.29) is 0 Å². The third-order valence-electron chi connectivity index (χ3n) is 6.50. The van der Waals surface area contributed by atoms with Gasteiger partial charge < -0.3 is 0 Å². The van der Waals surface area contributed by atoms with Crippen LogP contribution in [0.5, 0.6) is 0 Å². The summed E-state index contributed by atoms with van der Waals surface area (Å²) in [7, 11) is 1.95. The summed E-state index contributed by atoms with van der Waals surface area (Å²) in [5.74, 6) is 1.31. The summed E-state index contributed by atoms with van der Waals surface area (Å²) in [6, 6.07) is 28.9. The van der Waals surface area contributed by atoms with Gasteiger partial charge in [0.1, 0.15) is 0 Å². The topological polar surface area (TPSA) is 0 Å². The zero-order valence-electron chi connectivity index (χ0n) is 18.9. The smallest absolute Gasteiger partial charge is 0.00334 e. The number of rotatable bonds is 12. The van der Waals surface area contributed by atoms with E-state index in [4.69, 9.17) is 0 Å². The Morgan fingerprint density at radius 1 is 0.500 bits per heavy atom. The Morgan fingerprint density at radius 2 is 0.969 bits per heavy atom. The lowest BCUT2D eigenvalue weighted by Gasteiger charge is -2.17. The van der Waals surface area contributed by atoms with Crippen LogP contribution in [0.2, 0.25) is 0 Å². The lowest BCUT2D eigenvalue weighted by atomic mass is 9.87. The predicted octanol–water partition coefficient (Wildman–Crippen LogP) is 10.4. The van der Waals surface area contributed by atoms with Gasteiger partial charge in [-0.15, -0.1) is 0 Å². The second-order valence-electron chi connectivity index (χ2n) is 8.70. The summed E-state index contributed by atoms with van der Waals surface area (Å²) >= 11 is 2.41. The highest BCUT2D eigenvalue weighted by atomic mass is 127. The lowest BCUT2D eigenvalue weighted by molar-refractivity contribution is 0.577. The van der Waals surface area contributed by atoms with Gasteiger partial charge in [-0.25, -0.2) is 0 Å². The molecule has 0 atom stereocenters. The Bertz CT molecular complexity index is 1060. The van der Waals surface area contributed by atoms with E-state index in [0.29, 0.717) is 0 Å². The molecule has 166 valence electrons. The van der Waals surface area contributed by atoms with Crippen molar-refractivity contribution in [2.24, 2.45) is 0 Å². The van der Waals surface area contributed by atoms with Gasteiger partial charge in [0.2, 0.25) is 0 Å². The van der Waals surface area contributed by atoms with Crippen molar-refractivity contribution < 1.29 is 0 Å². The van der Waals surface area contributed by atoms with Crippen molar-refractivity contribution >= 4 is 51.7 Å². The van der Waals surface area contributed by atoms with Crippen molar-refractivity contribution in [3.05, 3.63) is 84.4 Å². The molecule has 0 saturated heterocycles. The summed E-state index contributed by atoms with van der Waals surface area (Å²) in [6.07, 6.45) is 12.2. The molecule has 0 N–H and O–H groups in total. The quantitative estimate of drug-likeness (QED) is 0.0957. The first kappa shape index (κ1) is 23.6. The van der Waals surface area contributed by atoms with Gasteiger partial charge in [-0.1, -0.05) is 126 Å². The minimum atomic E-state index is 1.17. The number of unbranched alkanes of at least 4 members (excludes halogenated alkanes) is 7. The molecule has 4 rings (SSSR count). The molecule has 2 heteroatoms. The van der Waals surface area contributed by atoms with Crippen molar-refractivity contribution in [2.45, 2.75) is 57.8 Å². The van der Waals surface area contributed by atoms with Gasteiger partial charge in [-0.2, -0.15) is 0 Å². The fourth-order valence-electron chi connectivity index (χ4n) is 4.92. The highest BCUT2D eigenvalue weighted by Crippen LogP contribution is 2.39. The predicted molar refractivity (Wildman–Crippen MR) is 154 cm³/mol. The molecule has 0 fully saturated rings. The molecule has 0 aromatic heterocycles. The van der Waals surface area contributed by atoms with Crippen LogP contribution in [-0.4, -0.2) is 5.75 Å². The number of hydrogen-bond acceptors (Lipinski definition) is 1. The molecule has 4 aromatic carbocycles. The van der Waals surface area contributed by atoms with E-state index in [1.54, 1.807) is 0 Å². The fourth-order valence-corrected chi connectivity index (χ4v) is 6.17. The molecular formula is C30H33IS. The van der Waals surface area contributed by atoms with Crippen LogP contribution in [0.1, 0.15) is 56.9 Å².